The van der Waals surface area contributed by atoms with Crippen molar-refractivity contribution in [1.29, 1.82) is 0 Å². The van der Waals surface area contributed by atoms with Crippen LogP contribution in [0.4, 0.5) is 15.3 Å². The van der Waals surface area contributed by atoms with Gasteiger partial charge in [-0.05, 0) is 56.6 Å². The molecule has 0 aliphatic heterocycles. The van der Waals surface area contributed by atoms with Crippen LogP contribution in [-0.2, 0) is 10.0 Å². The van der Waals surface area contributed by atoms with Gasteiger partial charge in [-0.2, -0.15) is 4.39 Å². The Kier molecular flexibility index (Phi) is 7.74. The minimum Gasteiger partial charge on any atom is -0.369 e. The van der Waals surface area contributed by atoms with Gasteiger partial charge in [-0.1, -0.05) is 29.4 Å². The van der Waals surface area contributed by atoms with Crippen LogP contribution in [0.5, 0.6) is 0 Å². The predicted molar refractivity (Wildman–Crippen MR) is 122 cm³/mol. The lowest BCUT2D eigenvalue weighted by atomic mass is 9.62. The summed E-state index contributed by atoms with van der Waals surface area (Å²) in [7, 11) is -3.99. The number of nitrogens with zero attached hydrogens (tertiary/aromatic N) is 2. The zero-order valence-corrected chi connectivity index (χ0v) is 19.7. The van der Waals surface area contributed by atoms with Crippen LogP contribution in [0, 0.1) is 16.5 Å². The van der Waals surface area contributed by atoms with Crippen molar-refractivity contribution < 1.29 is 12.8 Å². The fraction of sp³-hybridized carbons (Fsp3) is 0.579. The first-order valence-corrected chi connectivity index (χ1v) is 12.8. The Labute approximate surface area is 191 Å². The van der Waals surface area contributed by atoms with Crippen molar-refractivity contribution >= 4 is 43.9 Å². The van der Waals surface area contributed by atoms with E-state index in [1.54, 1.807) is 0 Å². The molecule has 1 fully saturated rings. The molecule has 0 bridgehead atoms. The monoisotopic (exact) mass is 490 g/mol. The molecule has 2 aromatic rings. The van der Waals surface area contributed by atoms with Gasteiger partial charge in [0.1, 0.15) is 10.7 Å². The molecule has 0 radical (unpaired) electrons. The van der Waals surface area contributed by atoms with E-state index in [0.29, 0.717) is 30.2 Å². The van der Waals surface area contributed by atoms with E-state index >= 15 is 0 Å². The van der Waals surface area contributed by atoms with Crippen LogP contribution < -0.4 is 21.5 Å². The molecule has 1 aliphatic rings. The lowest BCUT2D eigenvalue weighted by Crippen LogP contribution is -2.41. The molecule has 31 heavy (non-hydrogen) atoms. The van der Waals surface area contributed by atoms with E-state index in [4.69, 9.17) is 23.1 Å². The molecule has 2 aromatic heterocycles. The number of rotatable bonds is 11. The van der Waals surface area contributed by atoms with Crippen LogP contribution in [0.1, 0.15) is 39.0 Å². The Balaban J connectivity index is 1.66. The third kappa shape index (κ3) is 6.04. The Hall–Kier alpha value is -1.53. The Morgan fingerprint density at radius 1 is 1.35 bits per heavy atom. The minimum absolute atomic E-state index is 0.0240. The Morgan fingerprint density at radius 3 is 2.61 bits per heavy atom. The standard InChI is InChI=1S/C19H28ClFN6O2S2/c1-12(23)13(8-19(5-6-22)3-2-4-19)9-24-17-15(20)7-14(10-25-17)31(28,29)27-18-26-11-16(21)30-18/h7,10-13H,2-6,8-9,22-23H2,1H3,(H,24,25)(H,26,27)/t12-,13?/m1/s1. The molecule has 0 saturated heterocycles. The number of halogens is 2. The lowest BCUT2D eigenvalue weighted by molar-refractivity contribution is 0.0816. The summed E-state index contributed by atoms with van der Waals surface area (Å²) in [5, 5.41) is 2.71. The highest BCUT2D eigenvalue weighted by Crippen LogP contribution is 2.48. The van der Waals surface area contributed by atoms with Crippen LogP contribution in [0.25, 0.3) is 0 Å². The first-order chi connectivity index (χ1) is 14.6. The molecule has 1 unspecified atom stereocenters. The summed E-state index contributed by atoms with van der Waals surface area (Å²) in [6, 6.07) is 1.27. The summed E-state index contributed by atoms with van der Waals surface area (Å²) in [5.74, 6) is 0.586. The summed E-state index contributed by atoms with van der Waals surface area (Å²) in [6.45, 7) is 3.22. The van der Waals surface area contributed by atoms with Gasteiger partial charge in [0.05, 0.1) is 11.2 Å². The Bertz CT molecular complexity index is 997. The molecule has 8 nitrogen and oxygen atoms in total. The van der Waals surface area contributed by atoms with Crippen molar-refractivity contribution in [3.8, 4) is 0 Å². The van der Waals surface area contributed by atoms with Crippen molar-refractivity contribution in [1.82, 2.24) is 9.97 Å². The van der Waals surface area contributed by atoms with Crippen LogP contribution in [0.2, 0.25) is 5.02 Å². The van der Waals surface area contributed by atoms with Crippen molar-refractivity contribution in [2.75, 3.05) is 23.1 Å². The van der Waals surface area contributed by atoms with Gasteiger partial charge < -0.3 is 16.8 Å². The van der Waals surface area contributed by atoms with Gasteiger partial charge in [0.2, 0.25) is 0 Å². The van der Waals surface area contributed by atoms with Crippen LogP contribution >= 0.6 is 22.9 Å². The molecule has 2 heterocycles. The summed E-state index contributed by atoms with van der Waals surface area (Å²) in [5.41, 5.74) is 12.3. The number of sulfonamides is 1. The number of thiazole rings is 1. The average Bonchev–Trinajstić information content (AvgIpc) is 3.07. The first kappa shape index (κ1) is 24.1. The average molecular weight is 491 g/mol. The molecule has 0 aromatic carbocycles. The van der Waals surface area contributed by atoms with Crippen LogP contribution in [0.3, 0.4) is 0 Å². The molecule has 6 N–H and O–H groups in total. The third-order valence-electron chi connectivity index (χ3n) is 5.88. The summed E-state index contributed by atoms with van der Waals surface area (Å²) in [4.78, 5) is 7.69. The summed E-state index contributed by atoms with van der Waals surface area (Å²) >= 11 is 6.88. The third-order valence-corrected chi connectivity index (χ3v) is 8.31. The van der Waals surface area contributed by atoms with E-state index in [2.05, 4.69) is 20.0 Å². The maximum Gasteiger partial charge on any atom is 0.265 e. The van der Waals surface area contributed by atoms with E-state index in [-0.39, 0.29) is 32.4 Å². The van der Waals surface area contributed by atoms with Crippen molar-refractivity contribution in [2.45, 2.75) is 50.0 Å². The van der Waals surface area contributed by atoms with E-state index in [9.17, 15) is 12.8 Å². The number of hydrogen-bond donors (Lipinski definition) is 4. The minimum atomic E-state index is -3.99. The first-order valence-electron chi connectivity index (χ1n) is 10.1. The molecule has 3 rings (SSSR count). The highest BCUT2D eigenvalue weighted by molar-refractivity contribution is 7.93. The van der Waals surface area contributed by atoms with Gasteiger partial charge in [0.15, 0.2) is 10.3 Å². The SMILES string of the molecule is C[C@@H](N)C(CNc1ncc(S(=O)(=O)Nc2ncc(F)s2)cc1Cl)CC1(CCN)CCC1. The molecule has 12 heteroatoms. The summed E-state index contributed by atoms with van der Waals surface area (Å²) < 4.78 is 40.2. The number of nitrogens with two attached hydrogens (primary N) is 2. The predicted octanol–water partition coefficient (Wildman–Crippen LogP) is 3.42. The summed E-state index contributed by atoms with van der Waals surface area (Å²) in [6.07, 6.45) is 7.69. The van der Waals surface area contributed by atoms with Gasteiger partial charge in [0, 0.05) is 18.8 Å². The molecule has 2 atom stereocenters. The second-order valence-electron chi connectivity index (χ2n) is 8.17. The van der Waals surface area contributed by atoms with Gasteiger partial charge in [-0.15, -0.1) is 0 Å². The van der Waals surface area contributed by atoms with E-state index in [1.165, 1.54) is 31.5 Å². The van der Waals surface area contributed by atoms with E-state index in [0.717, 1.165) is 19.0 Å². The van der Waals surface area contributed by atoms with Crippen molar-refractivity contribution in [3.05, 3.63) is 28.6 Å². The zero-order chi connectivity index (χ0) is 22.6. The van der Waals surface area contributed by atoms with Gasteiger partial charge in [0.25, 0.3) is 10.0 Å². The van der Waals surface area contributed by atoms with E-state index < -0.39 is 15.2 Å². The normalized spacial score (nSPS) is 17.6. The molecular formula is C19H28ClFN6O2S2. The molecular weight excluding hydrogens is 463 g/mol. The Morgan fingerprint density at radius 2 is 2.10 bits per heavy atom. The van der Waals surface area contributed by atoms with Gasteiger partial charge >= 0.3 is 0 Å². The quantitative estimate of drug-likeness (QED) is 0.379. The topological polar surface area (TPSA) is 136 Å². The fourth-order valence-electron chi connectivity index (χ4n) is 3.94. The largest absolute Gasteiger partial charge is 0.369 e. The van der Waals surface area contributed by atoms with Crippen molar-refractivity contribution in [2.24, 2.45) is 22.8 Å². The molecule has 1 saturated carbocycles. The number of nitrogens with one attached hydrogen (secondary N) is 2. The lowest BCUT2D eigenvalue weighted by Gasteiger charge is -2.45. The highest BCUT2D eigenvalue weighted by atomic mass is 35.5. The fourth-order valence-corrected chi connectivity index (χ4v) is 5.99. The van der Waals surface area contributed by atoms with E-state index in [1.807, 2.05) is 6.92 Å². The molecule has 0 amide bonds. The van der Waals surface area contributed by atoms with Crippen LogP contribution in [-0.4, -0.2) is 37.5 Å². The number of pyridine rings is 1. The maximum atomic E-state index is 13.1. The van der Waals surface area contributed by atoms with Crippen LogP contribution in [0.15, 0.2) is 23.4 Å². The van der Waals surface area contributed by atoms with Crippen molar-refractivity contribution in [3.63, 3.8) is 0 Å². The highest BCUT2D eigenvalue weighted by Gasteiger charge is 2.38. The molecule has 172 valence electrons. The molecule has 1 aliphatic carbocycles. The molecule has 0 spiro atoms. The second kappa shape index (κ2) is 9.95. The smallest absolute Gasteiger partial charge is 0.265 e. The second-order valence-corrected chi connectivity index (χ2v) is 11.2. The zero-order valence-electron chi connectivity index (χ0n) is 17.3. The maximum absolute atomic E-state index is 13.1. The van der Waals surface area contributed by atoms with Gasteiger partial charge in [-0.3, -0.25) is 4.72 Å². The number of anilines is 2. The van der Waals surface area contributed by atoms with Gasteiger partial charge in [-0.25, -0.2) is 18.4 Å². The number of aromatic nitrogens is 2. The number of hydrogen-bond acceptors (Lipinski definition) is 8.